The molecule has 6 N–H and O–H groups in total. The Kier molecular flexibility index (Phi) is 5.07. The van der Waals surface area contributed by atoms with Crippen LogP contribution in [-0.4, -0.2) is 26.2 Å². The number of pyridine rings is 1. The number of H-pyrrole nitrogens is 1. The van der Waals surface area contributed by atoms with E-state index in [1.807, 2.05) is 31.2 Å². The summed E-state index contributed by atoms with van der Waals surface area (Å²) in [4.78, 5) is 19.9. The number of carbonyl (C=O) groups excluding carboxylic acids is 1. The lowest BCUT2D eigenvalue weighted by atomic mass is 9.98. The fourth-order valence-electron chi connectivity index (χ4n) is 5.33. The zero-order valence-corrected chi connectivity index (χ0v) is 20.4. The lowest BCUT2D eigenvalue weighted by Gasteiger charge is -2.18. The molecule has 2 aromatic heterocycles. The molecule has 2 aromatic carbocycles. The number of hydrogen-bond donors (Lipinski definition) is 5. The highest BCUT2D eigenvalue weighted by Crippen LogP contribution is 2.42. The third kappa shape index (κ3) is 3.53. The van der Waals surface area contributed by atoms with Crippen LogP contribution < -0.4 is 15.8 Å². The fourth-order valence-corrected chi connectivity index (χ4v) is 5.50. The number of aromatic amines is 1. The van der Waals surface area contributed by atoms with E-state index in [1.54, 1.807) is 18.2 Å². The maximum absolute atomic E-state index is 11.9. The van der Waals surface area contributed by atoms with Crippen LogP contribution in [0.4, 0.5) is 11.4 Å². The van der Waals surface area contributed by atoms with Gasteiger partial charge in [0.05, 0.1) is 11.3 Å². The molecule has 182 valence electrons. The summed E-state index contributed by atoms with van der Waals surface area (Å²) in [5, 5.41) is 26.2. The number of nitrogens with one attached hydrogen (secondary N) is 2. The van der Waals surface area contributed by atoms with Gasteiger partial charge in [-0.15, -0.1) is 0 Å². The summed E-state index contributed by atoms with van der Waals surface area (Å²) in [5.74, 6) is 0.357. The zero-order chi connectivity index (χ0) is 25.2. The number of imidazole rings is 1. The predicted octanol–water partition coefficient (Wildman–Crippen LogP) is 3.88. The van der Waals surface area contributed by atoms with Crippen molar-refractivity contribution in [3.63, 3.8) is 0 Å². The Hall–Kier alpha value is -3.88. The monoisotopic (exact) mass is 502 g/mol. The number of carbonyl (C=O) groups is 1. The van der Waals surface area contributed by atoms with E-state index in [0.717, 1.165) is 32.8 Å². The zero-order valence-electron chi connectivity index (χ0n) is 19.6. The molecule has 1 aliphatic heterocycles. The summed E-state index contributed by atoms with van der Waals surface area (Å²) < 4.78 is 0.962. The minimum atomic E-state index is -1.51. The lowest BCUT2D eigenvalue weighted by molar-refractivity contribution is -0.912. The number of anilines is 2. The number of benzene rings is 2. The normalized spacial score (nSPS) is 18.6. The SMILES string of the molecule is Cc1[nH]c(C2(O)CCc3cc(-c4cc(Cl)ccc4N)c[n+](O)c32)nc1-c1ccc2c(c1)NC(=O)CC2. The number of aliphatic hydroxyl groups is 1. The van der Waals surface area contributed by atoms with Crippen LogP contribution in [0.1, 0.15) is 41.2 Å². The topological polar surface area (TPSA) is 128 Å². The van der Waals surface area contributed by atoms with Gasteiger partial charge in [-0.05, 0) is 62.1 Å². The second-order valence-corrected chi connectivity index (χ2v) is 9.95. The Morgan fingerprint density at radius 2 is 1.92 bits per heavy atom. The number of amides is 1. The molecule has 3 heterocycles. The van der Waals surface area contributed by atoms with Gasteiger partial charge in [0.2, 0.25) is 17.7 Å². The number of rotatable bonds is 3. The van der Waals surface area contributed by atoms with Gasteiger partial charge >= 0.3 is 0 Å². The first-order valence-electron chi connectivity index (χ1n) is 11.8. The van der Waals surface area contributed by atoms with Gasteiger partial charge in [0.1, 0.15) is 5.82 Å². The molecule has 8 nitrogen and oxygen atoms in total. The fraction of sp³-hybridized carbons (Fsp3) is 0.222. The van der Waals surface area contributed by atoms with Crippen molar-refractivity contribution in [1.82, 2.24) is 9.97 Å². The van der Waals surface area contributed by atoms with E-state index in [1.165, 1.54) is 6.20 Å². The van der Waals surface area contributed by atoms with E-state index in [9.17, 15) is 15.1 Å². The van der Waals surface area contributed by atoms with Gasteiger partial charge in [-0.25, -0.2) is 4.98 Å². The molecule has 0 spiro atoms. The standard InChI is InChI=1S/C27H24ClN5O3/c1-14-24(16-3-2-15-4-7-23(34)31-22(15)11-16)32-26(30-14)27(35)9-8-17-10-18(13-33(36)25(17)27)20-12-19(28)5-6-21(20)29/h2-3,5-6,10-13,35H,4,7-9,29H2,1H3,(H2-,30,31,32,34,36)/p+1. The minimum Gasteiger partial charge on any atom is -0.398 e. The maximum Gasteiger partial charge on any atom is 0.276 e. The maximum atomic E-state index is 11.9. The molecule has 6 rings (SSSR count). The van der Waals surface area contributed by atoms with Crippen LogP contribution in [0.2, 0.25) is 5.02 Å². The van der Waals surface area contributed by atoms with Crippen molar-refractivity contribution in [2.24, 2.45) is 0 Å². The third-order valence-corrected chi connectivity index (χ3v) is 7.39. The number of halogens is 1. The predicted molar refractivity (Wildman–Crippen MR) is 136 cm³/mol. The Morgan fingerprint density at radius 3 is 2.75 bits per heavy atom. The van der Waals surface area contributed by atoms with Crippen LogP contribution >= 0.6 is 11.6 Å². The van der Waals surface area contributed by atoms with Gasteiger partial charge < -0.3 is 21.1 Å². The molecule has 0 radical (unpaired) electrons. The summed E-state index contributed by atoms with van der Waals surface area (Å²) in [6.07, 6.45) is 3.62. The van der Waals surface area contributed by atoms with Crippen LogP contribution in [-0.2, 0) is 23.2 Å². The van der Waals surface area contributed by atoms with Crippen LogP contribution in [0.3, 0.4) is 0 Å². The second kappa shape index (κ2) is 8.08. The van der Waals surface area contributed by atoms with E-state index < -0.39 is 5.60 Å². The van der Waals surface area contributed by atoms with E-state index in [2.05, 4.69) is 10.3 Å². The van der Waals surface area contributed by atoms with Gasteiger partial charge in [0.25, 0.3) is 5.69 Å². The molecule has 1 unspecified atom stereocenters. The highest BCUT2D eigenvalue weighted by Gasteiger charge is 2.50. The number of nitrogen functional groups attached to an aromatic ring is 1. The number of hydrogen-bond acceptors (Lipinski definition) is 5. The third-order valence-electron chi connectivity index (χ3n) is 7.15. The number of fused-ring (bicyclic) bond motifs is 2. The summed E-state index contributed by atoms with van der Waals surface area (Å²) in [7, 11) is 0. The van der Waals surface area contributed by atoms with Crippen molar-refractivity contribution in [3.8, 4) is 22.4 Å². The first-order valence-corrected chi connectivity index (χ1v) is 12.2. The molecule has 2 aliphatic rings. The van der Waals surface area contributed by atoms with Crippen LogP contribution in [0.15, 0.2) is 48.7 Å². The van der Waals surface area contributed by atoms with Crippen LogP contribution in [0.5, 0.6) is 0 Å². The molecule has 0 fully saturated rings. The number of aromatic nitrogens is 3. The summed E-state index contributed by atoms with van der Waals surface area (Å²) in [6, 6.07) is 13.0. The van der Waals surface area contributed by atoms with Crippen molar-refractivity contribution >= 4 is 28.9 Å². The van der Waals surface area contributed by atoms with E-state index in [4.69, 9.17) is 22.3 Å². The first-order chi connectivity index (χ1) is 17.2. The lowest BCUT2D eigenvalue weighted by Crippen LogP contribution is -2.44. The van der Waals surface area contributed by atoms with Crippen LogP contribution in [0.25, 0.3) is 22.4 Å². The molecule has 4 aromatic rings. The molecule has 0 saturated heterocycles. The molecule has 0 bridgehead atoms. The summed E-state index contributed by atoms with van der Waals surface area (Å²) in [5.41, 5.74) is 11.9. The molecule has 1 atom stereocenters. The van der Waals surface area contributed by atoms with Crippen molar-refractivity contribution < 1.29 is 19.8 Å². The smallest absolute Gasteiger partial charge is 0.276 e. The Labute approximate surface area is 212 Å². The first kappa shape index (κ1) is 22.6. The number of nitrogens with two attached hydrogens (primary N) is 1. The van der Waals surface area contributed by atoms with Gasteiger partial charge in [0, 0.05) is 49.9 Å². The second-order valence-electron chi connectivity index (χ2n) is 9.52. The molecule has 1 amide bonds. The average molecular weight is 503 g/mol. The van der Waals surface area contributed by atoms with Gasteiger partial charge in [-0.2, -0.15) is 0 Å². The van der Waals surface area contributed by atoms with Gasteiger partial charge in [0.15, 0.2) is 0 Å². The van der Waals surface area contributed by atoms with Crippen LogP contribution in [0, 0.1) is 6.92 Å². The highest BCUT2D eigenvalue weighted by atomic mass is 35.5. The minimum absolute atomic E-state index is 0.00219. The largest absolute Gasteiger partial charge is 0.398 e. The van der Waals surface area contributed by atoms with Crippen molar-refractivity contribution in [1.29, 1.82) is 0 Å². The highest BCUT2D eigenvalue weighted by molar-refractivity contribution is 6.31. The molecule has 9 heteroatoms. The Balaban J connectivity index is 1.40. The van der Waals surface area contributed by atoms with Crippen molar-refractivity contribution in [2.75, 3.05) is 11.1 Å². The molecule has 0 saturated carbocycles. The Bertz CT molecular complexity index is 1560. The Morgan fingerprint density at radius 1 is 1.08 bits per heavy atom. The summed E-state index contributed by atoms with van der Waals surface area (Å²) in [6.45, 7) is 1.89. The van der Waals surface area contributed by atoms with Crippen molar-refractivity contribution in [2.45, 2.75) is 38.2 Å². The number of nitrogens with zero attached hydrogens (tertiary/aromatic N) is 2. The van der Waals surface area contributed by atoms with Gasteiger partial charge in [-0.1, -0.05) is 23.7 Å². The number of aryl methyl sites for hydroxylation is 3. The molecular weight excluding hydrogens is 478 g/mol. The van der Waals surface area contributed by atoms with E-state index >= 15 is 0 Å². The average Bonchev–Trinajstić information content (AvgIpc) is 3.41. The van der Waals surface area contributed by atoms with Gasteiger partial charge in [-0.3, -0.25) is 10.0 Å². The van der Waals surface area contributed by atoms with E-state index in [-0.39, 0.29) is 5.91 Å². The quantitative estimate of drug-likeness (QED) is 0.165. The molecular formula is C27H25ClN5O3+. The summed E-state index contributed by atoms with van der Waals surface area (Å²) >= 11 is 6.17. The molecule has 36 heavy (non-hydrogen) atoms. The van der Waals surface area contributed by atoms with E-state index in [0.29, 0.717) is 64.7 Å². The van der Waals surface area contributed by atoms with Crippen molar-refractivity contribution in [3.05, 3.63) is 82.0 Å². The molecule has 1 aliphatic carbocycles.